The normalized spacial score (nSPS) is 22.5. The molecule has 0 saturated carbocycles. The fourth-order valence-electron chi connectivity index (χ4n) is 4.45. The lowest BCUT2D eigenvalue weighted by molar-refractivity contribution is -0.189. The molecule has 1 atom stereocenters. The highest BCUT2D eigenvalue weighted by atomic mass is 16.5. The highest BCUT2D eigenvalue weighted by Crippen LogP contribution is 2.32. The summed E-state index contributed by atoms with van der Waals surface area (Å²) in [6.45, 7) is 8.87. The van der Waals surface area contributed by atoms with E-state index >= 15 is 0 Å². The van der Waals surface area contributed by atoms with Crippen LogP contribution in [0.3, 0.4) is 0 Å². The Bertz CT molecular complexity index is 841. The molecule has 2 aliphatic heterocycles. The number of ether oxygens (including phenoxy) is 2. The van der Waals surface area contributed by atoms with Crippen LogP contribution in [0.2, 0.25) is 0 Å². The van der Waals surface area contributed by atoms with E-state index in [-0.39, 0.29) is 17.6 Å². The number of carbonyl (C=O) groups excluding carboxylic acids is 1. The Morgan fingerprint density at radius 3 is 2.89 bits per heavy atom. The third-order valence-electron chi connectivity index (χ3n) is 5.85. The average molecular weight is 372 g/mol. The van der Waals surface area contributed by atoms with E-state index in [2.05, 4.69) is 17.0 Å². The first kappa shape index (κ1) is 18.4. The van der Waals surface area contributed by atoms with E-state index in [1.165, 1.54) is 0 Å². The van der Waals surface area contributed by atoms with Crippen molar-refractivity contribution in [2.24, 2.45) is 0 Å². The first-order chi connectivity index (χ1) is 13.0. The van der Waals surface area contributed by atoms with E-state index in [1.807, 2.05) is 29.3 Å². The number of morpholine rings is 1. The molecule has 7 heteroatoms. The Morgan fingerprint density at radius 2 is 2.11 bits per heavy atom. The number of nitrogens with zero attached hydrogens (tertiary/aromatic N) is 4. The van der Waals surface area contributed by atoms with Crippen LogP contribution in [0.5, 0.6) is 0 Å². The van der Waals surface area contributed by atoms with Gasteiger partial charge in [0.25, 0.3) is 0 Å². The van der Waals surface area contributed by atoms with Gasteiger partial charge in [0, 0.05) is 63.0 Å². The second-order valence-electron chi connectivity index (χ2n) is 7.86. The molecule has 0 N–H and O–H groups in total. The summed E-state index contributed by atoms with van der Waals surface area (Å²) in [5.41, 5.74) is 3.77. The van der Waals surface area contributed by atoms with Crippen LogP contribution in [0.1, 0.15) is 43.1 Å². The summed E-state index contributed by atoms with van der Waals surface area (Å²) < 4.78 is 13.6. The lowest BCUT2D eigenvalue weighted by atomic mass is 9.91. The zero-order chi connectivity index (χ0) is 19.0. The zero-order valence-electron chi connectivity index (χ0n) is 16.4. The van der Waals surface area contributed by atoms with Gasteiger partial charge in [-0.3, -0.25) is 4.79 Å². The van der Waals surface area contributed by atoms with Gasteiger partial charge in [-0.15, -0.1) is 0 Å². The first-order valence-corrected chi connectivity index (χ1v) is 9.81. The highest BCUT2D eigenvalue weighted by molar-refractivity contribution is 5.76. The number of aromatic nitrogens is 3. The van der Waals surface area contributed by atoms with Crippen molar-refractivity contribution in [3.8, 4) is 0 Å². The van der Waals surface area contributed by atoms with Gasteiger partial charge in [-0.05, 0) is 32.8 Å². The third kappa shape index (κ3) is 3.58. The van der Waals surface area contributed by atoms with Crippen LogP contribution < -0.4 is 0 Å². The molecule has 0 bridgehead atoms. The molecule has 2 saturated heterocycles. The highest BCUT2D eigenvalue weighted by Gasteiger charge is 2.42. The van der Waals surface area contributed by atoms with Crippen LogP contribution in [0.25, 0.3) is 5.65 Å². The van der Waals surface area contributed by atoms with Gasteiger partial charge in [0.2, 0.25) is 5.91 Å². The molecule has 4 rings (SSSR count). The summed E-state index contributed by atoms with van der Waals surface area (Å²) in [7, 11) is 0. The lowest BCUT2D eigenvalue weighted by Crippen LogP contribution is -2.58. The van der Waals surface area contributed by atoms with Crippen molar-refractivity contribution in [3.05, 3.63) is 29.2 Å². The predicted molar refractivity (Wildman–Crippen MR) is 101 cm³/mol. The quantitative estimate of drug-likeness (QED) is 0.825. The van der Waals surface area contributed by atoms with Crippen molar-refractivity contribution < 1.29 is 14.3 Å². The molecular weight excluding hydrogens is 344 g/mol. The van der Waals surface area contributed by atoms with E-state index in [4.69, 9.17) is 9.47 Å². The second kappa shape index (κ2) is 7.20. The summed E-state index contributed by atoms with van der Waals surface area (Å²) in [6, 6.07) is 1.90. The number of fused-ring (bicyclic) bond motifs is 1. The molecule has 1 spiro atoms. The lowest BCUT2D eigenvalue weighted by Gasteiger charge is -2.47. The van der Waals surface area contributed by atoms with Crippen LogP contribution in [-0.2, 0) is 20.7 Å². The van der Waals surface area contributed by atoms with Crippen LogP contribution in [0.4, 0.5) is 0 Å². The van der Waals surface area contributed by atoms with Gasteiger partial charge in [0.05, 0.1) is 17.9 Å². The Labute approximate surface area is 159 Å². The van der Waals surface area contributed by atoms with Crippen molar-refractivity contribution in [2.45, 2.75) is 58.2 Å². The molecule has 27 heavy (non-hydrogen) atoms. The fraction of sp³-hybridized carbons (Fsp3) is 0.650. The predicted octanol–water partition coefficient (Wildman–Crippen LogP) is 2.08. The summed E-state index contributed by atoms with van der Waals surface area (Å²) >= 11 is 0. The number of hydrogen-bond acceptors (Lipinski definition) is 5. The number of aryl methyl sites for hydroxylation is 2. The van der Waals surface area contributed by atoms with Gasteiger partial charge in [-0.1, -0.05) is 0 Å². The molecule has 2 aromatic heterocycles. The van der Waals surface area contributed by atoms with E-state index in [0.717, 1.165) is 35.4 Å². The average Bonchev–Trinajstić information content (AvgIpc) is 3.09. The minimum absolute atomic E-state index is 0.0614. The van der Waals surface area contributed by atoms with E-state index in [1.54, 1.807) is 6.20 Å². The molecule has 0 aliphatic carbocycles. The molecule has 2 aliphatic rings. The smallest absolute Gasteiger partial charge is 0.223 e. The summed E-state index contributed by atoms with van der Waals surface area (Å²) in [6.07, 6.45) is 4.70. The van der Waals surface area contributed by atoms with Crippen molar-refractivity contribution in [3.63, 3.8) is 0 Å². The monoisotopic (exact) mass is 372 g/mol. The van der Waals surface area contributed by atoms with E-state index in [0.29, 0.717) is 39.1 Å². The maximum atomic E-state index is 13.0. The van der Waals surface area contributed by atoms with Crippen LogP contribution in [0.15, 0.2) is 12.3 Å². The van der Waals surface area contributed by atoms with E-state index < -0.39 is 0 Å². The van der Waals surface area contributed by atoms with Crippen molar-refractivity contribution in [2.75, 3.05) is 26.3 Å². The summed E-state index contributed by atoms with van der Waals surface area (Å²) in [5.74, 6) is 0.190. The van der Waals surface area contributed by atoms with Gasteiger partial charge in [0.15, 0.2) is 5.65 Å². The second-order valence-corrected chi connectivity index (χ2v) is 7.86. The van der Waals surface area contributed by atoms with Gasteiger partial charge in [0.1, 0.15) is 0 Å². The molecule has 2 aromatic rings. The maximum absolute atomic E-state index is 13.0. The maximum Gasteiger partial charge on any atom is 0.223 e. The molecule has 4 heterocycles. The third-order valence-corrected chi connectivity index (χ3v) is 5.85. The Kier molecular flexibility index (Phi) is 4.90. The van der Waals surface area contributed by atoms with Crippen molar-refractivity contribution >= 4 is 11.6 Å². The number of rotatable bonds is 3. The van der Waals surface area contributed by atoms with Crippen LogP contribution in [0, 0.1) is 13.8 Å². The van der Waals surface area contributed by atoms with Gasteiger partial charge in [-0.25, -0.2) is 9.50 Å². The van der Waals surface area contributed by atoms with Crippen molar-refractivity contribution in [1.82, 2.24) is 19.5 Å². The zero-order valence-corrected chi connectivity index (χ0v) is 16.4. The minimum atomic E-state index is -0.229. The summed E-state index contributed by atoms with van der Waals surface area (Å²) in [4.78, 5) is 19.6. The number of hydrogen-bond donors (Lipinski definition) is 0. The fourth-order valence-corrected chi connectivity index (χ4v) is 4.45. The molecular formula is C20H28N4O3. The van der Waals surface area contributed by atoms with Gasteiger partial charge in [-0.2, -0.15) is 5.10 Å². The Hall–Kier alpha value is -1.99. The summed E-state index contributed by atoms with van der Waals surface area (Å²) in [5, 5.41) is 4.33. The molecule has 2 fully saturated rings. The molecule has 146 valence electrons. The molecule has 7 nitrogen and oxygen atoms in total. The Morgan fingerprint density at radius 1 is 1.33 bits per heavy atom. The Balaban J connectivity index is 1.46. The SMILES string of the molecule is Cc1nc2ccnn2c(C)c1CCC(=O)N1CC(C)OC2(CCOCC2)C1. The minimum Gasteiger partial charge on any atom is -0.381 e. The van der Waals surface area contributed by atoms with Gasteiger partial charge < -0.3 is 14.4 Å². The molecule has 1 amide bonds. The molecule has 0 aromatic carbocycles. The van der Waals surface area contributed by atoms with E-state index in [9.17, 15) is 4.79 Å². The number of amides is 1. The number of carbonyl (C=O) groups is 1. The van der Waals surface area contributed by atoms with Crippen LogP contribution in [-0.4, -0.2) is 63.4 Å². The molecule has 1 unspecified atom stereocenters. The van der Waals surface area contributed by atoms with Crippen molar-refractivity contribution in [1.29, 1.82) is 0 Å². The first-order valence-electron chi connectivity index (χ1n) is 9.81. The van der Waals surface area contributed by atoms with Gasteiger partial charge >= 0.3 is 0 Å². The topological polar surface area (TPSA) is 69.0 Å². The standard InChI is InChI=1S/C20H28N4O3/c1-14-12-23(13-20(27-14)7-10-26-11-8-20)19(25)5-4-17-15(2)22-18-6-9-21-24(18)16(17)3/h6,9,14H,4-5,7-8,10-13H2,1-3H3. The molecule has 0 radical (unpaired) electrons. The largest absolute Gasteiger partial charge is 0.381 e. The van der Waals surface area contributed by atoms with Crippen LogP contribution >= 0.6 is 0 Å².